The Bertz CT molecular complexity index is 449. The fraction of sp³-hybridized carbons (Fsp3) is 1.00. The van der Waals surface area contributed by atoms with E-state index in [0.717, 1.165) is 25.8 Å². The Balaban J connectivity index is 0.00000161. The lowest BCUT2D eigenvalue weighted by molar-refractivity contribution is 0.189. The second kappa shape index (κ2) is 6.71. The molecule has 0 radical (unpaired) electrons. The molecule has 124 valence electrons. The minimum absolute atomic E-state index is 0. The first-order valence-corrected chi connectivity index (χ1v) is 9.35. The van der Waals surface area contributed by atoms with Crippen molar-refractivity contribution in [3.8, 4) is 0 Å². The van der Waals surface area contributed by atoms with Gasteiger partial charge in [-0.1, -0.05) is 13.8 Å². The number of hydrogen-bond donors (Lipinski definition) is 1. The molecule has 4 unspecified atom stereocenters. The topological polar surface area (TPSA) is 52.7 Å². The van der Waals surface area contributed by atoms with Crippen molar-refractivity contribution >= 4 is 22.6 Å². The average Bonchev–Trinajstić information content (AvgIpc) is 2.84. The van der Waals surface area contributed by atoms with E-state index >= 15 is 0 Å². The van der Waals surface area contributed by atoms with Crippen molar-refractivity contribution in [3.63, 3.8) is 0 Å². The van der Waals surface area contributed by atoms with Crippen molar-refractivity contribution in [3.05, 3.63) is 0 Å². The van der Waals surface area contributed by atoms with Gasteiger partial charge in [-0.15, -0.1) is 12.4 Å². The van der Waals surface area contributed by atoms with E-state index in [1.807, 2.05) is 0 Å². The predicted molar refractivity (Wildman–Crippen MR) is 86.8 cm³/mol. The van der Waals surface area contributed by atoms with Gasteiger partial charge in [0.25, 0.3) is 10.2 Å². The molecule has 3 aliphatic rings. The molecule has 3 heterocycles. The Kier molecular flexibility index (Phi) is 5.58. The molecule has 3 saturated heterocycles. The van der Waals surface area contributed by atoms with Crippen LogP contribution in [0.4, 0.5) is 0 Å². The van der Waals surface area contributed by atoms with Crippen molar-refractivity contribution < 1.29 is 8.42 Å². The Hall–Kier alpha value is 0.120. The number of nitrogens with zero attached hydrogens (tertiary/aromatic N) is 2. The van der Waals surface area contributed by atoms with Crippen LogP contribution in [0.15, 0.2) is 0 Å². The highest BCUT2D eigenvalue weighted by Crippen LogP contribution is 2.30. The summed E-state index contributed by atoms with van der Waals surface area (Å²) in [6.45, 7) is 8.12. The molecule has 0 spiro atoms. The van der Waals surface area contributed by atoms with Gasteiger partial charge in [-0.05, 0) is 43.6 Å². The maximum atomic E-state index is 12.9. The summed E-state index contributed by atoms with van der Waals surface area (Å²) in [4.78, 5) is 0. The number of piperidine rings is 2. The minimum Gasteiger partial charge on any atom is -0.314 e. The van der Waals surface area contributed by atoms with E-state index in [2.05, 4.69) is 19.2 Å². The van der Waals surface area contributed by atoms with E-state index in [9.17, 15) is 8.42 Å². The van der Waals surface area contributed by atoms with Gasteiger partial charge in [0.1, 0.15) is 0 Å². The van der Waals surface area contributed by atoms with Crippen LogP contribution in [0.2, 0.25) is 0 Å². The molecule has 0 saturated carbocycles. The SMILES string of the molecule is CC1CC(C)CN(S(=O)(=O)N2CCC3NCCC3C2)C1.Cl. The van der Waals surface area contributed by atoms with Crippen LogP contribution < -0.4 is 5.32 Å². The molecule has 3 aliphatic heterocycles. The zero-order chi connectivity index (χ0) is 14.3. The van der Waals surface area contributed by atoms with Crippen LogP contribution in [0.3, 0.4) is 0 Å². The number of nitrogens with one attached hydrogen (secondary N) is 1. The van der Waals surface area contributed by atoms with Crippen molar-refractivity contribution in [2.45, 2.75) is 39.2 Å². The van der Waals surface area contributed by atoms with Crippen molar-refractivity contribution in [2.24, 2.45) is 17.8 Å². The second-order valence-corrected chi connectivity index (χ2v) is 8.96. The molecule has 3 fully saturated rings. The van der Waals surface area contributed by atoms with Gasteiger partial charge >= 0.3 is 0 Å². The van der Waals surface area contributed by atoms with E-state index in [4.69, 9.17) is 0 Å². The van der Waals surface area contributed by atoms with Crippen LogP contribution in [0.25, 0.3) is 0 Å². The van der Waals surface area contributed by atoms with Crippen LogP contribution in [-0.2, 0) is 10.2 Å². The monoisotopic (exact) mass is 337 g/mol. The highest BCUT2D eigenvalue weighted by atomic mass is 35.5. The van der Waals surface area contributed by atoms with Crippen LogP contribution in [-0.4, -0.2) is 55.8 Å². The van der Waals surface area contributed by atoms with Gasteiger partial charge in [-0.25, -0.2) is 0 Å². The lowest BCUT2D eigenvalue weighted by Gasteiger charge is -2.40. The van der Waals surface area contributed by atoms with Gasteiger partial charge in [-0.2, -0.15) is 17.0 Å². The third-order valence-corrected chi connectivity index (χ3v) is 7.04. The Morgan fingerprint density at radius 2 is 1.67 bits per heavy atom. The fourth-order valence-electron chi connectivity index (χ4n) is 4.18. The molecule has 0 aromatic carbocycles. The average molecular weight is 338 g/mol. The second-order valence-electron chi connectivity index (χ2n) is 7.03. The largest absolute Gasteiger partial charge is 0.314 e. The number of rotatable bonds is 2. The molecular formula is C14H28ClN3O2S. The smallest absolute Gasteiger partial charge is 0.282 e. The van der Waals surface area contributed by atoms with Crippen LogP contribution in [0.1, 0.15) is 33.1 Å². The van der Waals surface area contributed by atoms with Crippen molar-refractivity contribution in [1.82, 2.24) is 13.9 Å². The molecule has 1 N–H and O–H groups in total. The summed E-state index contributed by atoms with van der Waals surface area (Å²) in [5.74, 6) is 1.46. The van der Waals surface area contributed by atoms with Gasteiger partial charge in [0.05, 0.1) is 0 Å². The van der Waals surface area contributed by atoms with Gasteiger partial charge in [-0.3, -0.25) is 0 Å². The Morgan fingerprint density at radius 1 is 1.00 bits per heavy atom. The summed E-state index contributed by atoms with van der Waals surface area (Å²) in [7, 11) is -3.25. The number of halogens is 1. The van der Waals surface area contributed by atoms with Gasteiger partial charge in [0.2, 0.25) is 0 Å². The van der Waals surface area contributed by atoms with Crippen molar-refractivity contribution in [1.29, 1.82) is 0 Å². The third-order valence-electron chi connectivity index (χ3n) is 5.11. The number of hydrogen-bond acceptors (Lipinski definition) is 3. The molecule has 0 amide bonds. The fourth-order valence-corrected chi connectivity index (χ4v) is 6.11. The summed E-state index contributed by atoms with van der Waals surface area (Å²) < 4.78 is 29.2. The molecule has 0 aromatic rings. The van der Waals surface area contributed by atoms with E-state index in [0.29, 0.717) is 50.0 Å². The van der Waals surface area contributed by atoms with Gasteiger partial charge < -0.3 is 5.32 Å². The highest BCUT2D eigenvalue weighted by Gasteiger charge is 2.40. The first-order chi connectivity index (χ1) is 9.46. The molecule has 7 heteroatoms. The molecule has 5 nitrogen and oxygen atoms in total. The first kappa shape index (κ1) is 17.5. The zero-order valence-electron chi connectivity index (χ0n) is 13.0. The first-order valence-electron chi connectivity index (χ1n) is 7.95. The maximum absolute atomic E-state index is 12.9. The summed E-state index contributed by atoms with van der Waals surface area (Å²) in [5.41, 5.74) is 0. The zero-order valence-corrected chi connectivity index (χ0v) is 14.6. The molecule has 3 rings (SSSR count). The van der Waals surface area contributed by atoms with E-state index in [1.54, 1.807) is 8.61 Å². The molecule has 0 aromatic heterocycles. The molecule has 21 heavy (non-hydrogen) atoms. The minimum atomic E-state index is -3.25. The van der Waals surface area contributed by atoms with Crippen LogP contribution in [0.5, 0.6) is 0 Å². The van der Waals surface area contributed by atoms with Crippen molar-refractivity contribution in [2.75, 3.05) is 32.7 Å². The maximum Gasteiger partial charge on any atom is 0.282 e. The molecule has 0 aliphatic carbocycles. The van der Waals surface area contributed by atoms with Gasteiger partial charge in [0.15, 0.2) is 0 Å². The predicted octanol–water partition coefficient (Wildman–Crippen LogP) is 1.31. The molecular weight excluding hydrogens is 310 g/mol. The highest BCUT2D eigenvalue weighted by molar-refractivity contribution is 7.86. The molecule has 0 bridgehead atoms. The van der Waals surface area contributed by atoms with Gasteiger partial charge in [0, 0.05) is 32.2 Å². The lowest BCUT2D eigenvalue weighted by atomic mass is 9.94. The lowest BCUT2D eigenvalue weighted by Crippen LogP contribution is -2.54. The van der Waals surface area contributed by atoms with Crippen LogP contribution >= 0.6 is 12.4 Å². The van der Waals surface area contributed by atoms with Crippen LogP contribution in [0, 0.1) is 17.8 Å². The van der Waals surface area contributed by atoms with E-state index < -0.39 is 10.2 Å². The normalized spacial score (nSPS) is 38.8. The molecule has 4 atom stereocenters. The summed E-state index contributed by atoms with van der Waals surface area (Å²) in [6.07, 6.45) is 3.22. The number of fused-ring (bicyclic) bond motifs is 1. The van der Waals surface area contributed by atoms with E-state index in [1.165, 1.54) is 0 Å². The Morgan fingerprint density at radius 3 is 2.33 bits per heavy atom. The third kappa shape index (κ3) is 3.55. The quantitative estimate of drug-likeness (QED) is 0.826. The summed E-state index contributed by atoms with van der Waals surface area (Å²) in [5, 5.41) is 3.49. The summed E-state index contributed by atoms with van der Waals surface area (Å²) in [6, 6.07) is 0.542. The summed E-state index contributed by atoms with van der Waals surface area (Å²) >= 11 is 0. The van der Waals surface area contributed by atoms with E-state index in [-0.39, 0.29) is 12.4 Å². The standard InChI is InChI=1S/C14H27N3O2S.ClH/c1-11-7-12(2)9-17(8-11)20(18,19)16-6-4-14-13(10-16)3-5-15-14;/h11-15H,3-10H2,1-2H3;1H. The Labute approximate surface area is 135 Å².